The fraction of sp³-hybridized carbons (Fsp3) is 0.455. The molecule has 0 bridgehead atoms. The highest BCUT2D eigenvalue weighted by Crippen LogP contribution is 2.24. The van der Waals surface area contributed by atoms with Gasteiger partial charge in [0.25, 0.3) is 0 Å². The van der Waals surface area contributed by atoms with Crippen molar-refractivity contribution in [2.24, 2.45) is 5.92 Å². The summed E-state index contributed by atoms with van der Waals surface area (Å²) in [6.45, 7) is 5.16. The van der Waals surface area contributed by atoms with Gasteiger partial charge in [0.15, 0.2) is 5.82 Å². The van der Waals surface area contributed by atoms with Crippen LogP contribution in [0.5, 0.6) is 0 Å². The number of aliphatic hydroxyl groups is 1. The number of aromatic nitrogens is 5. The summed E-state index contributed by atoms with van der Waals surface area (Å²) in [4.78, 5) is 17.6. The Labute approximate surface area is 192 Å². The second-order valence-electron chi connectivity index (χ2n) is 8.35. The number of anilines is 5. The Bertz CT molecular complexity index is 1070. The zero-order valence-electron chi connectivity index (χ0n) is 18.5. The predicted molar refractivity (Wildman–Crippen MR) is 126 cm³/mol. The third kappa shape index (κ3) is 4.83. The quantitative estimate of drug-likeness (QED) is 0.506. The lowest BCUT2D eigenvalue weighted by Gasteiger charge is -2.32. The lowest BCUT2D eigenvalue weighted by Crippen LogP contribution is -2.37. The highest BCUT2D eigenvalue weighted by molar-refractivity contribution is 5.60. The zero-order chi connectivity index (χ0) is 22.6. The summed E-state index contributed by atoms with van der Waals surface area (Å²) >= 11 is 0. The third-order valence-corrected chi connectivity index (χ3v) is 6.09. The standard InChI is InChI=1S/C22H29N9O2/c23-21-27-22(26-17-3-5-18(6-4-17)29-8-10-33-11-9-29)28-31(21)20-12-19(24-15-25-20)30-7-1-2-16(13-30)14-32/h3-6,12,15-16,32H,1-2,7-11,13-14H2,(H3,23,26,27,28)/t16-/m1/s1. The van der Waals surface area contributed by atoms with Crippen LogP contribution >= 0.6 is 0 Å². The number of hydrogen-bond donors (Lipinski definition) is 3. The summed E-state index contributed by atoms with van der Waals surface area (Å²) in [5.41, 5.74) is 8.18. The highest BCUT2D eigenvalue weighted by Gasteiger charge is 2.21. The Morgan fingerprint density at radius 3 is 2.64 bits per heavy atom. The molecule has 33 heavy (non-hydrogen) atoms. The normalized spacial score (nSPS) is 19.0. The summed E-state index contributed by atoms with van der Waals surface area (Å²) in [6, 6.07) is 9.99. The van der Waals surface area contributed by atoms with Crippen molar-refractivity contribution in [1.29, 1.82) is 0 Å². The molecule has 5 rings (SSSR count). The van der Waals surface area contributed by atoms with Gasteiger partial charge in [0, 0.05) is 50.2 Å². The molecule has 2 aliphatic heterocycles. The molecule has 2 saturated heterocycles. The lowest BCUT2D eigenvalue weighted by molar-refractivity contribution is 0.122. The van der Waals surface area contributed by atoms with Gasteiger partial charge in [0.2, 0.25) is 11.9 Å². The Morgan fingerprint density at radius 2 is 1.85 bits per heavy atom. The van der Waals surface area contributed by atoms with Crippen molar-refractivity contribution in [3.05, 3.63) is 36.7 Å². The first kappa shape index (κ1) is 21.4. The fourth-order valence-electron chi connectivity index (χ4n) is 4.30. The number of ether oxygens (including phenoxy) is 1. The number of hydrogen-bond acceptors (Lipinski definition) is 10. The van der Waals surface area contributed by atoms with Gasteiger partial charge in [-0.05, 0) is 43.0 Å². The average molecular weight is 452 g/mol. The van der Waals surface area contributed by atoms with Gasteiger partial charge in [-0.25, -0.2) is 9.97 Å². The second kappa shape index (κ2) is 9.59. The van der Waals surface area contributed by atoms with Crippen LogP contribution in [0.2, 0.25) is 0 Å². The maximum absolute atomic E-state index is 9.52. The summed E-state index contributed by atoms with van der Waals surface area (Å²) in [5, 5.41) is 17.2. The number of benzene rings is 1. The minimum atomic E-state index is 0.187. The van der Waals surface area contributed by atoms with Crippen molar-refractivity contribution < 1.29 is 9.84 Å². The van der Waals surface area contributed by atoms with Crippen molar-refractivity contribution >= 4 is 29.1 Å². The molecule has 0 radical (unpaired) electrons. The molecule has 0 unspecified atom stereocenters. The molecule has 0 amide bonds. The topological polar surface area (TPSA) is 130 Å². The average Bonchev–Trinajstić information content (AvgIpc) is 3.25. The largest absolute Gasteiger partial charge is 0.396 e. The third-order valence-electron chi connectivity index (χ3n) is 6.09. The van der Waals surface area contributed by atoms with E-state index in [1.165, 1.54) is 11.0 Å². The van der Waals surface area contributed by atoms with Crippen LogP contribution in [-0.2, 0) is 4.74 Å². The van der Waals surface area contributed by atoms with E-state index in [9.17, 15) is 5.11 Å². The molecule has 11 heteroatoms. The summed E-state index contributed by atoms with van der Waals surface area (Å²) in [6.07, 6.45) is 3.56. The molecule has 174 valence electrons. The molecule has 11 nitrogen and oxygen atoms in total. The van der Waals surface area contributed by atoms with E-state index in [0.29, 0.717) is 11.8 Å². The van der Waals surface area contributed by atoms with E-state index in [1.807, 2.05) is 18.2 Å². The molecule has 2 aromatic heterocycles. The Kier molecular flexibility index (Phi) is 6.22. The molecule has 1 atom stereocenters. The maximum atomic E-state index is 9.52. The summed E-state index contributed by atoms with van der Waals surface area (Å²) < 4.78 is 6.92. The van der Waals surface area contributed by atoms with Crippen LogP contribution in [0.15, 0.2) is 36.7 Å². The van der Waals surface area contributed by atoms with E-state index >= 15 is 0 Å². The molecule has 3 aromatic rings. The van der Waals surface area contributed by atoms with Crippen molar-refractivity contribution in [2.75, 3.05) is 66.8 Å². The Morgan fingerprint density at radius 1 is 1.06 bits per heavy atom. The smallest absolute Gasteiger partial charge is 0.248 e. The number of nitrogens with two attached hydrogens (primary N) is 1. The monoisotopic (exact) mass is 451 g/mol. The van der Waals surface area contributed by atoms with E-state index in [-0.39, 0.29) is 18.5 Å². The molecule has 2 aliphatic rings. The first-order valence-electron chi connectivity index (χ1n) is 11.3. The van der Waals surface area contributed by atoms with Crippen LogP contribution in [0, 0.1) is 5.92 Å². The molecular formula is C22H29N9O2. The lowest BCUT2D eigenvalue weighted by atomic mass is 9.99. The van der Waals surface area contributed by atoms with Gasteiger partial charge in [0.1, 0.15) is 12.1 Å². The van der Waals surface area contributed by atoms with Gasteiger partial charge in [0.05, 0.1) is 13.2 Å². The number of nitrogens with zero attached hydrogens (tertiary/aromatic N) is 7. The van der Waals surface area contributed by atoms with E-state index in [2.05, 4.69) is 47.3 Å². The number of nitrogens with one attached hydrogen (secondary N) is 1. The maximum Gasteiger partial charge on any atom is 0.248 e. The first-order valence-corrected chi connectivity index (χ1v) is 11.3. The van der Waals surface area contributed by atoms with Crippen molar-refractivity contribution in [2.45, 2.75) is 12.8 Å². The van der Waals surface area contributed by atoms with Crippen molar-refractivity contribution in [3.8, 4) is 5.82 Å². The van der Waals surface area contributed by atoms with Gasteiger partial charge in [-0.15, -0.1) is 5.10 Å². The molecular weight excluding hydrogens is 422 g/mol. The molecule has 4 heterocycles. The predicted octanol–water partition coefficient (Wildman–Crippen LogP) is 1.43. The van der Waals surface area contributed by atoms with Gasteiger partial charge in [-0.1, -0.05) is 0 Å². The second-order valence-corrected chi connectivity index (χ2v) is 8.35. The van der Waals surface area contributed by atoms with E-state index in [0.717, 1.165) is 69.4 Å². The number of aliphatic hydroxyl groups excluding tert-OH is 1. The number of morpholine rings is 1. The fourth-order valence-corrected chi connectivity index (χ4v) is 4.30. The zero-order valence-corrected chi connectivity index (χ0v) is 18.5. The first-order chi connectivity index (χ1) is 16.2. The van der Waals surface area contributed by atoms with Gasteiger partial charge in [-0.2, -0.15) is 9.67 Å². The molecule has 0 spiro atoms. The minimum Gasteiger partial charge on any atom is -0.396 e. The van der Waals surface area contributed by atoms with Crippen LogP contribution in [0.4, 0.5) is 29.1 Å². The van der Waals surface area contributed by atoms with Gasteiger partial charge >= 0.3 is 0 Å². The number of rotatable bonds is 6. The SMILES string of the molecule is Nc1nc(Nc2ccc(N3CCOCC3)cc2)nn1-c1cc(N2CCC[C@@H](CO)C2)ncn1. The van der Waals surface area contributed by atoms with E-state index < -0.39 is 0 Å². The number of piperidine rings is 1. The summed E-state index contributed by atoms with van der Waals surface area (Å²) in [7, 11) is 0. The molecule has 0 saturated carbocycles. The van der Waals surface area contributed by atoms with Crippen molar-refractivity contribution in [1.82, 2.24) is 24.7 Å². The molecule has 1 aromatic carbocycles. The minimum absolute atomic E-state index is 0.187. The van der Waals surface area contributed by atoms with Crippen LogP contribution in [0.1, 0.15) is 12.8 Å². The van der Waals surface area contributed by atoms with Gasteiger partial charge < -0.3 is 30.7 Å². The van der Waals surface area contributed by atoms with Crippen molar-refractivity contribution in [3.63, 3.8) is 0 Å². The number of nitrogen functional groups attached to an aromatic ring is 1. The van der Waals surface area contributed by atoms with E-state index in [4.69, 9.17) is 10.5 Å². The van der Waals surface area contributed by atoms with Crippen LogP contribution in [0.3, 0.4) is 0 Å². The molecule has 2 fully saturated rings. The van der Waals surface area contributed by atoms with E-state index in [1.54, 1.807) is 0 Å². The summed E-state index contributed by atoms with van der Waals surface area (Å²) in [5.74, 6) is 2.23. The highest BCUT2D eigenvalue weighted by atomic mass is 16.5. The van der Waals surface area contributed by atoms with Gasteiger partial charge in [-0.3, -0.25) is 0 Å². The van der Waals surface area contributed by atoms with Crippen LogP contribution in [0.25, 0.3) is 5.82 Å². The Balaban J connectivity index is 1.30. The molecule has 4 N–H and O–H groups in total. The van der Waals surface area contributed by atoms with Crippen LogP contribution in [-0.4, -0.2) is 75.8 Å². The van der Waals surface area contributed by atoms with Crippen LogP contribution < -0.4 is 20.9 Å². The molecule has 0 aliphatic carbocycles. The Hall–Kier alpha value is -3.44.